The predicted molar refractivity (Wildman–Crippen MR) is 70.0 cm³/mol. The first-order valence-electron chi connectivity index (χ1n) is 5.67. The summed E-state index contributed by atoms with van der Waals surface area (Å²) < 4.78 is 1.71. The van der Waals surface area contributed by atoms with Crippen LogP contribution in [0.2, 0.25) is 0 Å². The molecule has 18 heavy (non-hydrogen) atoms. The van der Waals surface area contributed by atoms with Gasteiger partial charge in [0.15, 0.2) is 0 Å². The second kappa shape index (κ2) is 4.91. The zero-order valence-corrected chi connectivity index (χ0v) is 10.5. The van der Waals surface area contributed by atoms with Crippen molar-refractivity contribution in [3.05, 3.63) is 47.5 Å². The first-order valence-corrected chi connectivity index (χ1v) is 5.67. The summed E-state index contributed by atoms with van der Waals surface area (Å²) in [5.41, 5.74) is 8.90. The van der Waals surface area contributed by atoms with Crippen LogP contribution in [0.4, 0.5) is 5.69 Å². The van der Waals surface area contributed by atoms with Crippen molar-refractivity contribution >= 4 is 11.6 Å². The summed E-state index contributed by atoms with van der Waals surface area (Å²) in [7, 11) is 1.79. The van der Waals surface area contributed by atoms with Gasteiger partial charge in [-0.25, -0.2) is 0 Å². The summed E-state index contributed by atoms with van der Waals surface area (Å²) in [5.74, 6) is -0.134. The van der Waals surface area contributed by atoms with Crippen LogP contribution < -0.4 is 11.1 Å². The summed E-state index contributed by atoms with van der Waals surface area (Å²) >= 11 is 0. The lowest BCUT2D eigenvalue weighted by Crippen LogP contribution is -2.25. The van der Waals surface area contributed by atoms with Crippen LogP contribution in [0.5, 0.6) is 0 Å². The van der Waals surface area contributed by atoms with E-state index in [1.807, 2.05) is 13.0 Å². The fourth-order valence-electron chi connectivity index (χ4n) is 1.78. The van der Waals surface area contributed by atoms with Gasteiger partial charge in [0.2, 0.25) is 0 Å². The minimum Gasteiger partial charge on any atom is -0.397 e. The number of aromatic nitrogens is 2. The van der Waals surface area contributed by atoms with Crippen molar-refractivity contribution in [1.82, 2.24) is 14.9 Å². The van der Waals surface area contributed by atoms with Gasteiger partial charge in [0.25, 0.3) is 5.91 Å². The first-order chi connectivity index (χ1) is 8.58. The van der Waals surface area contributed by atoms with Crippen molar-refractivity contribution in [2.45, 2.75) is 13.5 Å². The average Bonchev–Trinajstić information content (AvgIpc) is 2.67. The Balaban J connectivity index is 2.05. The minimum absolute atomic E-state index is 0.134. The Kier molecular flexibility index (Phi) is 3.32. The highest BCUT2D eigenvalue weighted by atomic mass is 16.1. The van der Waals surface area contributed by atoms with Gasteiger partial charge in [-0.15, -0.1) is 0 Å². The molecule has 3 N–H and O–H groups in total. The van der Waals surface area contributed by atoms with E-state index in [2.05, 4.69) is 10.3 Å². The van der Waals surface area contributed by atoms with E-state index in [1.54, 1.807) is 36.3 Å². The number of carbonyl (C=O) groups excluding carboxylic acids is 1. The molecule has 0 aliphatic heterocycles. The molecule has 0 aromatic carbocycles. The molecule has 0 aliphatic rings. The number of rotatable bonds is 3. The predicted octanol–water partition coefficient (Wildman–Crippen LogP) is 1.24. The van der Waals surface area contributed by atoms with Gasteiger partial charge in [0.1, 0.15) is 5.69 Å². The molecule has 1 amide bonds. The fraction of sp³-hybridized carbons (Fsp3) is 0.231. The third-order valence-electron chi connectivity index (χ3n) is 2.83. The lowest BCUT2D eigenvalue weighted by atomic mass is 10.1. The Hall–Kier alpha value is -2.30. The highest BCUT2D eigenvalue weighted by molar-refractivity contribution is 5.93. The summed E-state index contributed by atoms with van der Waals surface area (Å²) in [6.07, 6.45) is 5.21. The number of carbonyl (C=O) groups is 1. The number of pyridine rings is 1. The largest absolute Gasteiger partial charge is 0.397 e. The Bertz CT molecular complexity index is 574. The van der Waals surface area contributed by atoms with E-state index in [9.17, 15) is 4.79 Å². The Morgan fingerprint density at radius 3 is 2.94 bits per heavy atom. The van der Waals surface area contributed by atoms with Crippen LogP contribution in [0.25, 0.3) is 0 Å². The maximum absolute atomic E-state index is 12.0. The van der Waals surface area contributed by atoms with Crippen molar-refractivity contribution < 1.29 is 4.79 Å². The molecule has 2 rings (SSSR count). The minimum atomic E-state index is -0.134. The van der Waals surface area contributed by atoms with Crippen LogP contribution in [-0.2, 0) is 13.6 Å². The van der Waals surface area contributed by atoms with Gasteiger partial charge >= 0.3 is 0 Å². The lowest BCUT2D eigenvalue weighted by Gasteiger charge is -2.07. The Morgan fingerprint density at radius 1 is 1.56 bits per heavy atom. The van der Waals surface area contributed by atoms with Crippen molar-refractivity contribution in [2.24, 2.45) is 7.05 Å². The number of nitrogens with one attached hydrogen (secondary N) is 1. The van der Waals surface area contributed by atoms with Crippen molar-refractivity contribution in [3.63, 3.8) is 0 Å². The Labute approximate surface area is 106 Å². The van der Waals surface area contributed by atoms with Crippen LogP contribution in [0.1, 0.15) is 21.6 Å². The molecule has 0 bridgehead atoms. The van der Waals surface area contributed by atoms with Gasteiger partial charge < -0.3 is 15.6 Å². The highest BCUT2D eigenvalue weighted by Crippen LogP contribution is 2.09. The standard InChI is InChI=1S/C13H16N4O/c1-9-6-15-4-3-10(9)7-16-13(18)12-5-11(14)8-17(12)2/h3-6,8H,7,14H2,1-2H3,(H,16,18). The van der Waals surface area contributed by atoms with Crippen molar-refractivity contribution in [1.29, 1.82) is 0 Å². The molecule has 2 aromatic heterocycles. The summed E-state index contributed by atoms with van der Waals surface area (Å²) in [6, 6.07) is 3.56. The third-order valence-corrected chi connectivity index (χ3v) is 2.83. The van der Waals surface area contributed by atoms with Crippen molar-refractivity contribution in [2.75, 3.05) is 5.73 Å². The molecule has 0 fully saturated rings. The second-order valence-corrected chi connectivity index (χ2v) is 4.25. The number of aryl methyl sites for hydroxylation is 2. The molecule has 0 spiro atoms. The molecule has 0 radical (unpaired) electrons. The van der Waals surface area contributed by atoms with E-state index in [0.29, 0.717) is 17.9 Å². The van der Waals surface area contributed by atoms with Gasteiger partial charge in [-0.2, -0.15) is 0 Å². The van der Waals surface area contributed by atoms with Gasteiger partial charge in [0, 0.05) is 32.2 Å². The van der Waals surface area contributed by atoms with Crippen LogP contribution in [-0.4, -0.2) is 15.5 Å². The number of amides is 1. The van der Waals surface area contributed by atoms with Crippen LogP contribution in [0.15, 0.2) is 30.7 Å². The zero-order valence-electron chi connectivity index (χ0n) is 10.5. The van der Waals surface area contributed by atoms with E-state index in [4.69, 9.17) is 5.73 Å². The molecular weight excluding hydrogens is 228 g/mol. The van der Waals surface area contributed by atoms with Crippen LogP contribution in [0.3, 0.4) is 0 Å². The van der Waals surface area contributed by atoms with E-state index in [0.717, 1.165) is 11.1 Å². The van der Waals surface area contributed by atoms with E-state index in [-0.39, 0.29) is 5.91 Å². The smallest absolute Gasteiger partial charge is 0.268 e. The molecule has 0 atom stereocenters. The maximum atomic E-state index is 12.0. The molecule has 0 saturated heterocycles. The van der Waals surface area contributed by atoms with Gasteiger partial charge in [-0.05, 0) is 30.2 Å². The normalized spacial score (nSPS) is 10.3. The van der Waals surface area contributed by atoms with Crippen LogP contribution in [0, 0.1) is 6.92 Å². The highest BCUT2D eigenvalue weighted by Gasteiger charge is 2.10. The number of hydrogen-bond acceptors (Lipinski definition) is 3. The maximum Gasteiger partial charge on any atom is 0.268 e. The number of nitrogens with zero attached hydrogens (tertiary/aromatic N) is 2. The summed E-state index contributed by atoms with van der Waals surface area (Å²) in [5, 5.41) is 2.87. The van der Waals surface area contributed by atoms with Crippen LogP contribution >= 0.6 is 0 Å². The molecular formula is C13H16N4O. The molecule has 0 saturated carbocycles. The average molecular weight is 244 g/mol. The zero-order chi connectivity index (χ0) is 13.1. The summed E-state index contributed by atoms with van der Waals surface area (Å²) in [6.45, 7) is 2.45. The first kappa shape index (κ1) is 12.2. The molecule has 0 aliphatic carbocycles. The lowest BCUT2D eigenvalue weighted by molar-refractivity contribution is 0.0943. The molecule has 2 heterocycles. The molecule has 5 heteroatoms. The van der Waals surface area contributed by atoms with Gasteiger partial charge in [0.05, 0.1) is 5.69 Å². The van der Waals surface area contributed by atoms with Gasteiger partial charge in [-0.1, -0.05) is 0 Å². The van der Waals surface area contributed by atoms with Gasteiger partial charge in [-0.3, -0.25) is 9.78 Å². The number of nitrogens with two attached hydrogens (primary N) is 1. The van der Waals surface area contributed by atoms with Crippen molar-refractivity contribution in [3.8, 4) is 0 Å². The molecule has 0 unspecified atom stereocenters. The molecule has 2 aromatic rings. The molecule has 5 nitrogen and oxygen atoms in total. The number of hydrogen-bond donors (Lipinski definition) is 2. The summed E-state index contributed by atoms with van der Waals surface area (Å²) in [4.78, 5) is 16.0. The van der Waals surface area contributed by atoms with E-state index < -0.39 is 0 Å². The monoisotopic (exact) mass is 244 g/mol. The SMILES string of the molecule is Cc1cnccc1CNC(=O)c1cc(N)cn1C. The fourth-order valence-corrected chi connectivity index (χ4v) is 1.78. The quantitative estimate of drug-likeness (QED) is 0.853. The Morgan fingerprint density at radius 2 is 2.33 bits per heavy atom. The number of anilines is 1. The molecule has 94 valence electrons. The van der Waals surface area contributed by atoms with E-state index >= 15 is 0 Å². The number of nitrogen functional groups attached to an aromatic ring is 1. The third kappa shape index (κ3) is 2.51. The second-order valence-electron chi connectivity index (χ2n) is 4.25. The topological polar surface area (TPSA) is 72.9 Å². The van der Waals surface area contributed by atoms with E-state index in [1.165, 1.54) is 0 Å².